The van der Waals surface area contributed by atoms with Crippen LogP contribution in [0.15, 0.2) is 65.6 Å². The second-order valence-electron chi connectivity index (χ2n) is 7.86. The van der Waals surface area contributed by atoms with E-state index in [1.807, 2.05) is 62.4 Å². The Morgan fingerprint density at radius 1 is 1.06 bits per heavy atom. The minimum absolute atomic E-state index is 0.117. The van der Waals surface area contributed by atoms with Crippen LogP contribution in [0.2, 0.25) is 0 Å². The number of nitrogens with one attached hydrogen (secondary N) is 1. The van der Waals surface area contributed by atoms with Gasteiger partial charge in [0.1, 0.15) is 12.4 Å². The molecule has 162 valence electrons. The average molecular weight is 439 g/mol. The lowest BCUT2D eigenvalue weighted by molar-refractivity contribution is -0.121. The van der Waals surface area contributed by atoms with Gasteiger partial charge in [0, 0.05) is 18.4 Å². The summed E-state index contributed by atoms with van der Waals surface area (Å²) in [6.07, 6.45) is 0.674. The van der Waals surface area contributed by atoms with Gasteiger partial charge in [0.15, 0.2) is 0 Å². The van der Waals surface area contributed by atoms with Gasteiger partial charge in [-0.3, -0.25) is 9.10 Å². The molecule has 0 bridgehead atoms. The standard InChI is InChI=1S/C24H26N2O4S/c1-17-8-3-4-12-21(17)30-16-18(2)25-23(27)14-7-15-26-20-11-5-9-19-10-6-13-22(24(19)20)31(26,28)29/h3-6,8-13,18H,7,14-16H2,1-2H3,(H,25,27)/t18-/m0/s1. The highest BCUT2D eigenvalue weighted by atomic mass is 32.2. The van der Waals surface area contributed by atoms with Crippen molar-refractivity contribution < 1.29 is 17.9 Å². The zero-order valence-electron chi connectivity index (χ0n) is 17.7. The summed E-state index contributed by atoms with van der Waals surface area (Å²) in [7, 11) is -3.58. The van der Waals surface area contributed by atoms with Gasteiger partial charge in [-0.05, 0) is 49.4 Å². The molecule has 3 aromatic rings. The van der Waals surface area contributed by atoms with Crippen molar-refractivity contribution in [3.63, 3.8) is 0 Å². The van der Waals surface area contributed by atoms with Crippen LogP contribution in [0.25, 0.3) is 10.8 Å². The first-order valence-electron chi connectivity index (χ1n) is 10.4. The molecule has 6 nitrogen and oxygen atoms in total. The predicted octanol–water partition coefficient (Wildman–Crippen LogP) is 4.02. The van der Waals surface area contributed by atoms with E-state index in [2.05, 4.69) is 5.32 Å². The number of anilines is 1. The van der Waals surface area contributed by atoms with Crippen LogP contribution in [0.1, 0.15) is 25.3 Å². The van der Waals surface area contributed by atoms with Crippen LogP contribution in [0.4, 0.5) is 5.69 Å². The minimum atomic E-state index is -3.58. The molecule has 0 aliphatic carbocycles. The van der Waals surface area contributed by atoms with Crippen molar-refractivity contribution in [1.29, 1.82) is 0 Å². The first-order valence-corrected chi connectivity index (χ1v) is 11.8. The van der Waals surface area contributed by atoms with E-state index in [1.54, 1.807) is 12.1 Å². The molecule has 1 heterocycles. The Balaban J connectivity index is 1.31. The highest BCUT2D eigenvalue weighted by Gasteiger charge is 2.35. The lowest BCUT2D eigenvalue weighted by Gasteiger charge is -2.19. The number of sulfonamides is 1. The van der Waals surface area contributed by atoms with Crippen molar-refractivity contribution >= 4 is 32.4 Å². The summed E-state index contributed by atoms with van der Waals surface area (Å²) in [5, 5.41) is 4.59. The molecular weight excluding hydrogens is 412 g/mol. The average Bonchev–Trinajstić information content (AvgIpc) is 2.96. The van der Waals surface area contributed by atoms with Gasteiger partial charge >= 0.3 is 0 Å². The Bertz CT molecular complexity index is 1220. The van der Waals surface area contributed by atoms with Crippen molar-refractivity contribution in [3.05, 3.63) is 66.2 Å². The van der Waals surface area contributed by atoms with Crippen LogP contribution >= 0.6 is 0 Å². The molecule has 1 aliphatic rings. The molecular formula is C24H26N2O4S. The lowest BCUT2D eigenvalue weighted by atomic mass is 10.1. The van der Waals surface area contributed by atoms with Crippen molar-refractivity contribution in [2.75, 3.05) is 17.5 Å². The van der Waals surface area contributed by atoms with Crippen LogP contribution < -0.4 is 14.4 Å². The van der Waals surface area contributed by atoms with Crippen molar-refractivity contribution in [1.82, 2.24) is 5.32 Å². The molecule has 0 fully saturated rings. The number of ether oxygens (including phenoxy) is 1. The first-order chi connectivity index (χ1) is 14.9. The fraction of sp³-hybridized carbons (Fsp3) is 0.292. The van der Waals surface area contributed by atoms with E-state index in [-0.39, 0.29) is 24.9 Å². The molecule has 0 radical (unpaired) electrons. The number of amides is 1. The number of carbonyl (C=O) groups is 1. The van der Waals surface area contributed by atoms with Gasteiger partial charge in [0.2, 0.25) is 5.91 Å². The Kier molecular flexibility index (Phi) is 5.87. The normalized spacial score (nSPS) is 15.1. The van der Waals surface area contributed by atoms with Gasteiger partial charge in [0.25, 0.3) is 10.0 Å². The summed E-state index contributed by atoms with van der Waals surface area (Å²) < 4.78 is 33.1. The molecule has 1 N–H and O–H groups in total. The third kappa shape index (κ3) is 4.23. The molecule has 31 heavy (non-hydrogen) atoms. The fourth-order valence-corrected chi connectivity index (χ4v) is 5.65. The van der Waals surface area contributed by atoms with E-state index in [9.17, 15) is 13.2 Å². The molecule has 1 atom stereocenters. The monoisotopic (exact) mass is 438 g/mol. The summed E-state index contributed by atoms with van der Waals surface area (Å²) in [4.78, 5) is 12.7. The highest BCUT2D eigenvalue weighted by Crippen LogP contribution is 2.41. The topological polar surface area (TPSA) is 75.7 Å². The molecule has 0 unspecified atom stereocenters. The molecule has 0 saturated carbocycles. The maximum Gasteiger partial charge on any atom is 0.265 e. The van der Waals surface area contributed by atoms with Crippen molar-refractivity contribution in [2.24, 2.45) is 0 Å². The van der Waals surface area contributed by atoms with Crippen LogP contribution in [0, 0.1) is 6.92 Å². The van der Waals surface area contributed by atoms with E-state index in [1.165, 1.54) is 4.31 Å². The predicted molar refractivity (Wildman–Crippen MR) is 122 cm³/mol. The van der Waals surface area contributed by atoms with Gasteiger partial charge in [-0.15, -0.1) is 0 Å². The third-order valence-corrected chi connectivity index (χ3v) is 7.29. The highest BCUT2D eigenvalue weighted by molar-refractivity contribution is 7.93. The number of para-hydroxylation sites is 1. The molecule has 4 rings (SSSR count). The summed E-state index contributed by atoms with van der Waals surface area (Å²) in [6, 6.07) is 18.5. The van der Waals surface area contributed by atoms with Crippen LogP contribution in [-0.2, 0) is 14.8 Å². The second kappa shape index (κ2) is 8.59. The Labute approximate surface area is 182 Å². The first kappa shape index (κ1) is 21.2. The van der Waals surface area contributed by atoms with Gasteiger partial charge in [-0.25, -0.2) is 8.42 Å². The van der Waals surface area contributed by atoms with E-state index >= 15 is 0 Å². The van der Waals surface area contributed by atoms with Crippen molar-refractivity contribution in [2.45, 2.75) is 37.6 Å². The van der Waals surface area contributed by atoms with Crippen LogP contribution in [0.3, 0.4) is 0 Å². The summed E-state index contributed by atoms with van der Waals surface area (Å²) >= 11 is 0. The van der Waals surface area contributed by atoms with E-state index in [4.69, 9.17) is 4.74 Å². The van der Waals surface area contributed by atoms with Crippen molar-refractivity contribution in [3.8, 4) is 5.75 Å². The quantitative estimate of drug-likeness (QED) is 0.576. The minimum Gasteiger partial charge on any atom is -0.491 e. The lowest BCUT2D eigenvalue weighted by Crippen LogP contribution is -2.37. The number of rotatable bonds is 8. The maximum atomic E-state index is 13.0. The number of nitrogens with zero attached hydrogens (tertiary/aromatic N) is 1. The van der Waals surface area contributed by atoms with Gasteiger partial charge < -0.3 is 10.1 Å². The van der Waals surface area contributed by atoms with E-state index < -0.39 is 10.0 Å². The maximum absolute atomic E-state index is 13.0. The summed E-state index contributed by atoms with van der Waals surface area (Å²) in [5.41, 5.74) is 1.73. The molecule has 0 saturated heterocycles. The molecule has 0 spiro atoms. The Morgan fingerprint density at radius 2 is 1.81 bits per heavy atom. The largest absolute Gasteiger partial charge is 0.491 e. The SMILES string of the molecule is Cc1ccccc1OC[C@H](C)NC(=O)CCCN1c2cccc3cccc(c23)S1(=O)=O. The summed E-state index contributed by atoms with van der Waals surface area (Å²) in [5.74, 6) is 0.685. The Hall–Kier alpha value is -3.06. The molecule has 1 amide bonds. The Morgan fingerprint density at radius 3 is 2.58 bits per heavy atom. The number of carbonyl (C=O) groups excluding carboxylic acids is 1. The fourth-order valence-electron chi connectivity index (χ4n) is 3.90. The van der Waals surface area contributed by atoms with E-state index in [0.717, 1.165) is 22.1 Å². The zero-order valence-corrected chi connectivity index (χ0v) is 18.5. The smallest absolute Gasteiger partial charge is 0.265 e. The molecule has 0 aromatic heterocycles. The second-order valence-corrected chi connectivity index (χ2v) is 9.69. The number of hydrogen-bond donors (Lipinski definition) is 1. The van der Waals surface area contributed by atoms with E-state index in [0.29, 0.717) is 23.6 Å². The van der Waals surface area contributed by atoms with Gasteiger partial charge in [-0.2, -0.15) is 0 Å². The number of hydrogen-bond acceptors (Lipinski definition) is 4. The third-order valence-electron chi connectivity index (χ3n) is 5.44. The number of aryl methyl sites for hydroxylation is 1. The molecule has 3 aromatic carbocycles. The summed E-state index contributed by atoms with van der Waals surface area (Å²) in [6.45, 7) is 4.49. The van der Waals surface area contributed by atoms with Gasteiger partial charge in [-0.1, -0.05) is 42.5 Å². The molecule has 1 aliphatic heterocycles. The van der Waals surface area contributed by atoms with Crippen LogP contribution in [-0.4, -0.2) is 33.5 Å². The zero-order chi connectivity index (χ0) is 22.0. The molecule has 7 heteroatoms. The number of benzene rings is 3. The van der Waals surface area contributed by atoms with Gasteiger partial charge in [0.05, 0.1) is 16.6 Å². The van der Waals surface area contributed by atoms with Crippen LogP contribution in [0.5, 0.6) is 5.75 Å².